The highest BCUT2D eigenvalue weighted by Gasteiger charge is 2.14. The largest absolute Gasteiger partial charge is 0.327 e. The summed E-state index contributed by atoms with van der Waals surface area (Å²) in [6.45, 7) is 0. The highest BCUT2D eigenvalue weighted by molar-refractivity contribution is 6.32. The Kier molecular flexibility index (Phi) is 1.93. The summed E-state index contributed by atoms with van der Waals surface area (Å²) >= 11 is 0. The minimum Gasteiger partial charge on any atom is -0.327 e. The SMILES string of the molecule is Bc1ccc2c(c1)CC[C@H](N)C2. The van der Waals surface area contributed by atoms with Crippen molar-refractivity contribution in [2.75, 3.05) is 0 Å². The zero-order valence-electron chi connectivity index (χ0n) is 7.51. The maximum atomic E-state index is 5.89. The molecule has 0 saturated heterocycles. The second kappa shape index (κ2) is 2.94. The molecule has 0 bridgehead atoms. The Morgan fingerprint density at radius 2 is 2.17 bits per heavy atom. The van der Waals surface area contributed by atoms with Crippen molar-refractivity contribution in [3.63, 3.8) is 0 Å². The fourth-order valence-electron chi connectivity index (χ4n) is 1.91. The Morgan fingerprint density at radius 1 is 1.33 bits per heavy atom. The molecule has 0 radical (unpaired) electrons. The lowest BCUT2D eigenvalue weighted by molar-refractivity contribution is 0.577. The molecule has 12 heavy (non-hydrogen) atoms. The first kappa shape index (κ1) is 7.87. The third-order valence-corrected chi connectivity index (χ3v) is 2.63. The van der Waals surface area contributed by atoms with Gasteiger partial charge in [-0.15, -0.1) is 0 Å². The predicted octanol–water partition coefficient (Wildman–Crippen LogP) is -0.239. The maximum absolute atomic E-state index is 5.89. The third kappa shape index (κ3) is 1.39. The summed E-state index contributed by atoms with van der Waals surface area (Å²) in [5.41, 5.74) is 10.2. The fourth-order valence-corrected chi connectivity index (χ4v) is 1.91. The van der Waals surface area contributed by atoms with Crippen LogP contribution in [0, 0.1) is 0 Å². The van der Waals surface area contributed by atoms with Crippen LogP contribution in [0.2, 0.25) is 0 Å². The average Bonchev–Trinajstić information content (AvgIpc) is 2.05. The van der Waals surface area contributed by atoms with Crippen molar-refractivity contribution in [3.05, 3.63) is 29.3 Å². The molecule has 0 heterocycles. The van der Waals surface area contributed by atoms with E-state index in [-0.39, 0.29) is 0 Å². The van der Waals surface area contributed by atoms with Gasteiger partial charge in [-0.25, -0.2) is 0 Å². The summed E-state index contributed by atoms with van der Waals surface area (Å²) in [4.78, 5) is 0. The van der Waals surface area contributed by atoms with Crippen LogP contribution >= 0.6 is 0 Å². The number of aryl methyl sites for hydroxylation is 1. The standard InChI is InChI=1S/C10H14BN/c11-9-3-1-8-6-10(12)4-2-7(8)5-9/h1,3,5,10H,2,4,6,11-12H2/t10-/m0/s1. The predicted molar refractivity (Wildman–Crippen MR) is 54.6 cm³/mol. The Hall–Kier alpha value is -0.755. The molecule has 1 aromatic rings. The van der Waals surface area contributed by atoms with Crippen LogP contribution in [-0.2, 0) is 12.8 Å². The van der Waals surface area contributed by atoms with E-state index in [1.165, 1.54) is 16.6 Å². The van der Waals surface area contributed by atoms with Crippen molar-refractivity contribution in [2.24, 2.45) is 5.73 Å². The molecule has 1 aromatic carbocycles. The first-order chi connectivity index (χ1) is 5.75. The molecular weight excluding hydrogens is 145 g/mol. The maximum Gasteiger partial charge on any atom is 0.139 e. The highest BCUT2D eigenvalue weighted by atomic mass is 14.6. The smallest absolute Gasteiger partial charge is 0.139 e. The van der Waals surface area contributed by atoms with E-state index in [0.717, 1.165) is 19.3 Å². The van der Waals surface area contributed by atoms with Crippen molar-refractivity contribution in [1.29, 1.82) is 0 Å². The topological polar surface area (TPSA) is 26.0 Å². The van der Waals surface area contributed by atoms with Gasteiger partial charge in [-0.1, -0.05) is 23.7 Å². The first-order valence-corrected chi connectivity index (χ1v) is 4.59. The molecule has 2 N–H and O–H groups in total. The fraction of sp³-hybridized carbons (Fsp3) is 0.400. The summed E-state index contributed by atoms with van der Waals surface area (Å²) in [6, 6.07) is 7.09. The zero-order chi connectivity index (χ0) is 8.55. The van der Waals surface area contributed by atoms with Crippen LogP contribution in [0.1, 0.15) is 17.5 Å². The van der Waals surface area contributed by atoms with Gasteiger partial charge in [-0.05, 0) is 30.4 Å². The Labute approximate surface area is 74.4 Å². The Balaban J connectivity index is 2.37. The van der Waals surface area contributed by atoms with Gasteiger partial charge < -0.3 is 5.73 Å². The molecule has 0 aliphatic heterocycles. The monoisotopic (exact) mass is 159 g/mol. The molecule has 0 fully saturated rings. The molecule has 1 nitrogen and oxygen atoms in total. The highest BCUT2D eigenvalue weighted by Crippen LogP contribution is 2.18. The van der Waals surface area contributed by atoms with Crippen LogP contribution in [0.25, 0.3) is 0 Å². The molecule has 62 valence electrons. The molecule has 2 heteroatoms. The van der Waals surface area contributed by atoms with E-state index in [1.807, 2.05) is 0 Å². The van der Waals surface area contributed by atoms with Gasteiger partial charge in [0.2, 0.25) is 0 Å². The Bertz CT molecular complexity index is 296. The summed E-state index contributed by atoms with van der Waals surface area (Å²) in [6.07, 6.45) is 3.38. The number of hydrogen-bond donors (Lipinski definition) is 1. The lowest BCUT2D eigenvalue weighted by atomic mass is 9.84. The molecule has 0 saturated carbocycles. The minimum absolute atomic E-state index is 0.389. The van der Waals surface area contributed by atoms with Gasteiger partial charge in [-0.2, -0.15) is 0 Å². The van der Waals surface area contributed by atoms with Crippen LogP contribution in [0.15, 0.2) is 18.2 Å². The molecular formula is C10H14BN. The van der Waals surface area contributed by atoms with E-state index < -0.39 is 0 Å². The van der Waals surface area contributed by atoms with E-state index in [0.29, 0.717) is 6.04 Å². The summed E-state index contributed by atoms with van der Waals surface area (Å²) < 4.78 is 0. The van der Waals surface area contributed by atoms with Crippen molar-refractivity contribution >= 4 is 13.3 Å². The second-order valence-electron chi connectivity index (χ2n) is 3.78. The molecule has 0 aromatic heterocycles. The molecule has 0 spiro atoms. The minimum atomic E-state index is 0.389. The molecule has 1 aliphatic rings. The van der Waals surface area contributed by atoms with E-state index in [4.69, 9.17) is 5.73 Å². The lowest BCUT2D eigenvalue weighted by Crippen LogP contribution is -2.28. The van der Waals surface area contributed by atoms with Gasteiger partial charge in [0.1, 0.15) is 7.85 Å². The molecule has 0 unspecified atom stereocenters. The molecule has 1 aliphatic carbocycles. The van der Waals surface area contributed by atoms with Crippen molar-refractivity contribution in [3.8, 4) is 0 Å². The average molecular weight is 159 g/mol. The lowest BCUT2D eigenvalue weighted by Gasteiger charge is -2.21. The first-order valence-electron chi connectivity index (χ1n) is 4.59. The van der Waals surface area contributed by atoms with Gasteiger partial charge in [-0.3, -0.25) is 0 Å². The van der Waals surface area contributed by atoms with Gasteiger partial charge >= 0.3 is 0 Å². The molecule has 1 atom stereocenters. The normalized spacial score (nSPS) is 21.9. The number of hydrogen-bond acceptors (Lipinski definition) is 1. The van der Waals surface area contributed by atoms with Crippen LogP contribution < -0.4 is 11.2 Å². The summed E-state index contributed by atoms with van der Waals surface area (Å²) in [5, 5.41) is 0. The third-order valence-electron chi connectivity index (χ3n) is 2.63. The van der Waals surface area contributed by atoms with Crippen molar-refractivity contribution in [1.82, 2.24) is 0 Å². The van der Waals surface area contributed by atoms with Gasteiger partial charge in [0.05, 0.1) is 0 Å². The van der Waals surface area contributed by atoms with Crippen molar-refractivity contribution < 1.29 is 0 Å². The number of fused-ring (bicyclic) bond motifs is 1. The van der Waals surface area contributed by atoms with Gasteiger partial charge in [0.15, 0.2) is 0 Å². The number of rotatable bonds is 0. The number of benzene rings is 1. The zero-order valence-corrected chi connectivity index (χ0v) is 7.51. The van der Waals surface area contributed by atoms with Crippen LogP contribution in [0.3, 0.4) is 0 Å². The van der Waals surface area contributed by atoms with Crippen molar-refractivity contribution in [2.45, 2.75) is 25.3 Å². The van der Waals surface area contributed by atoms with E-state index in [2.05, 4.69) is 26.0 Å². The molecule has 2 rings (SSSR count). The molecule has 0 amide bonds. The number of nitrogens with two attached hydrogens (primary N) is 1. The van der Waals surface area contributed by atoms with E-state index in [9.17, 15) is 0 Å². The second-order valence-corrected chi connectivity index (χ2v) is 3.78. The summed E-state index contributed by atoms with van der Waals surface area (Å²) in [5.74, 6) is 0. The Morgan fingerprint density at radius 3 is 3.00 bits per heavy atom. The van der Waals surface area contributed by atoms with Crippen LogP contribution in [-0.4, -0.2) is 13.9 Å². The van der Waals surface area contributed by atoms with E-state index >= 15 is 0 Å². The quantitative estimate of drug-likeness (QED) is 0.519. The van der Waals surface area contributed by atoms with Crippen LogP contribution in [0.5, 0.6) is 0 Å². The summed E-state index contributed by atoms with van der Waals surface area (Å²) in [7, 11) is 2.15. The van der Waals surface area contributed by atoms with Gasteiger partial charge in [0.25, 0.3) is 0 Å². The van der Waals surface area contributed by atoms with E-state index in [1.54, 1.807) is 0 Å². The van der Waals surface area contributed by atoms with Crippen LogP contribution in [0.4, 0.5) is 0 Å². The van der Waals surface area contributed by atoms with Gasteiger partial charge in [0, 0.05) is 6.04 Å².